The van der Waals surface area contributed by atoms with E-state index < -0.39 is 0 Å². The summed E-state index contributed by atoms with van der Waals surface area (Å²) in [6, 6.07) is 0. The molecule has 1 rings (SSSR count). The zero-order valence-electron chi connectivity index (χ0n) is 10.3. The molecule has 90 valence electrons. The zero-order chi connectivity index (χ0) is 10.8. The van der Waals surface area contributed by atoms with Crippen LogP contribution in [0.4, 0.5) is 0 Å². The van der Waals surface area contributed by atoms with Gasteiger partial charge < -0.3 is 10.1 Å². The van der Waals surface area contributed by atoms with Crippen molar-refractivity contribution >= 4 is 0 Å². The van der Waals surface area contributed by atoms with Gasteiger partial charge in [0.2, 0.25) is 0 Å². The first-order valence-corrected chi connectivity index (χ1v) is 6.72. The number of hydrogen-bond acceptors (Lipinski definition) is 2. The van der Waals surface area contributed by atoms with Gasteiger partial charge in [-0.25, -0.2) is 0 Å². The lowest BCUT2D eigenvalue weighted by molar-refractivity contribution is 0.0549. The van der Waals surface area contributed by atoms with Gasteiger partial charge in [0.05, 0.1) is 6.61 Å². The molecule has 2 heteroatoms. The standard InChI is InChI=1S/C13H27NO/c1-2-3-4-5-6-9-14-11-13-8-7-10-15-12-13/h13-14H,2-12H2,1H3. The van der Waals surface area contributed by atoms with E-state index in [-0.39, 0.29) is 0 Å². The molecule has 1 atom stereocenters. The van der Waals surface area contributed by atoms with Crippen molar-refractivity contribution in [2.24, 2.45) is 5.92 Å². The van der Waals surface area contributed by atoms with E-state index in [0.29, 0.717) is 0 Å². The Labute approximate surface area is 94.8 Å². The molecule has 1 N–H and O–H groups in total. The Hall–Kier alpha value is -0.0800. The first kappa shape index (κ1) is 13.0. The monoisotopic (exact) mass is 213 g/mol. The molecule has 15 heavy (non-hydrogen) atoms. The van der Waals surface area contributed by atoms with Crippen molar-refractivity contribution < 1.29 is 4.74 Å². The van der Waals surface area contributed by atoms with Crippen LogP contribution in [0.1, 0.15) is 51.9 Å². The summed E-state index contributed by atoms with van der Waals surface area (Å²) in [4.78, 5) is 0. The van der Waals surface area contributed by atoms with E-state index in [4.69, 9.17) is 4.74 Å². The Morgan fingerprint density at radius 1 is 1.20 bits per heavy atom. The molecule has 0 saturated carbocycles. The summed E-state index contributed by atoms with van der Waals surface area (Å²) in [7, 11) is 0. The minimum atomic E-state index is 0.773. The Balaban J connectivity index is 1.79. The molecule has 0 amide bonds. The van der Waals surface area contributed by atoms with Gasteiger partial charge >= 0.3 is 0 Å². The van der Waals surface area contributed by atoms with Gasteiger partial charge in [-0.05, 0) is 31.7 Å². The number of unbranched alkanes of at least 4 members (excludes halogenated alkanes) is 4. The second-order valence-electron chi connectivity index (χ2n) is 4.70. The average Bonchev–Trinajstić information content (AvgIpc) is 2.29. The van der Waals surface area contributed by atoms with Gasteiger partial charge in [-0.3, -0.25) is 0 Å². The molecule has 0 aromatic heterocycles. The molecule has 1 heterocycles. The lowest BCUT2D eigenvalue weighted by atomic mass is 10.0. The predicted octanol–water partition coefficient (Wildman–Crippen LogP) is 2.97. The van der Waals surface area contributed by atoms with Crippen molar-refractivity contribution in [2.75, 3.05) is 26.3 Å². The molecule has 1 aliphatic heterocycles. The molecular weight excluding hydrogens is 186 g/mol. The van der Waals surface area contributed by atoms with Crippen LogP contribution in [0.15, 0.2) is 0 Å². The number of hydrogen-bond donors (Lipinski definition) is 1. The van der Waals surface area contributed by atoms with Crippen LogP contribution < -0.4 is 5.32 Å². The molecule has 1 fully saturated rings. The molecule has 1 unspecified atom stereocenters. The molecule has 1 aliphatic rings. The fourth-order valence-electron chi connectivity index (χ4n) is 2.13. The number of rotatable bonds is 8. The highest BCUT2D eigenvalue weighted by atomic mass is 16.5. The van der Waals surface area contributed by atoms with Crippen LogP contribution in [0.3, 0.4) is 0 Å². The van der Waals surface area contributed by atoms with E-state index in [1.54, 1.807) is 0 Å². The van der Waals surface area contributed by atoms with Gasteiger partial charge in [0.15, 0.2) is 0 Å². The van der Waals surface area contributed by atoms with Crippen LogP contribution in [0.2, 0.25) is 0 Å². The summed E-state index contributed by atoms with van der Waals surface area (Å²) in [6.45, 7) is 6.58. The summed E-state index contributed by atoms with van der Waals surface area (Å²) >= 11 is 0. The van der Waals surface area contributed by atoms with E-state index in [9.17, 15) is 0 Å². The summed E-state index contributed by atoms with van der Waals surface area (Å²) in [5, 5.41) is 3.55. The van der Waals surface area contributed by atoms with E-state index in [2.05, 4.69) is 12.2 Å². The molecular formula is C13H27NO. The quantitative estimate of drug-likeness (QED) is 0.626. The van der Waals surface area contributed by atoms with Gasteiger partial charge in [-0.1, -0.05) is 32.6 Å². The average molecular weight is 213 g/mol. The molecule has 1 saturated heterocycles. The largest absolute Gasteiger partial charge is 0.381 e. The van der Waals surface area contributed by atoms with Crippen molar-refractivity contribution in [1.29, 1.82) is 0 Å². The Morgan fingerprint density at radius 3 is 2.80 bits per heavy atom. The third-order valence-corrected chi connectivity index (χ3v) is 3.14. The second-order valence-corrected chi connectivity index (χ2v) is 4.70. The first-order chi connectivity index (χ1) is 7.43. The van der Waals surface area contributed by atoms with Crippen molar-refractivity contribution in [3.05, 3.63) is 0 Å². The smallest absolute Gasteiger partial charge is 0.0506 e. The Morgan fingerprint density at radius 2 is 2.07 bits per heavy atom. The highest BCUT2D eigenvalue weighted by Gasteiger charge is 2.12. The normalized spacial score (nSPS) is 21.8. The van der Waals surface area contributed by atoms with Crippen molar-refractivity contribution in [3.8, 4) is 0 Å². The lowest BCUT2D eigenvalue weighted by Gasteiger charge is -2.22. The van der Waals surface area contributed by atoms with Gasteiger partial charge in [0.25, 0.3) is 0 Å². The van der Waals surface area contributed by atoms with Crippen LogP contribution in [0.5, 0.6) is 0 Å². The van der Waals surface area contributed by atoms with Crippen LogP contribution >= 0.6 is 0 Å². The molecule has 0 aliphatic carbocycles. The summed E-state index contributed by atoms with van der Waals surface area (Å²) in [6.07, 6.45) is 9.48. The Kier molecular flexibility index (Phi) is 7.94. The van der Waals surface area contributed by atoms with Crippen LogP contribution in [-0.2, 0) is 4.74 Å². The third-order valence-electron chi connectivity index (χ3n) is 3.14. The van der Waals surface area contributed by atoms with E-state index in [1.807, 2.05) is 0 Å². The summed E-state index contributed by atoms with van der Waals surface area (Å²) < 4.78 is 5.45. The highest BCUT2D eigenvalue weighted by Crippen LogP contribution is 2.12. The molecule has 0 aromatic rings. The number of nitrogens with one attached hydrogen (secondary N) is 1. The molecule has 0 radical (unpaired) electrons. The van der Waals surface area contributed by atoms with Crippen molar-refractivity contribution in [2.45, 2.75) is 51.9 Å². The summed E-state index contributed by atoms with van der Waals surface area (Å²) in [5.74, 6) is 0.773. The lowest BCUT2D eigenvalue weighted by Crippen LogP contribution is -2.29. The van der Waals surface area contributed by atoms with E-state index in [0.717, 1.165) is 25.7 Å². The van der Waals surface area contributed by atoms with E-state index >= 15 is 0 Å². The molecule has 0 bridgehead atoms. The van der Waals surface area contributed by atoms with Crippen LogP contribution in [0, 0.1) is 5.92 Å². The van der Waals surface area contributed by atoms with Crippen molar-refractivity contribution in [3.63, 3.8) is 0 Å². The van der Waals surface area contributed by atoms with Crippen molar-refractivity contribution in [1.82, 2.24) is 5.32 Å². The van der Waals surface area contributed by atoms with Gasteiger partial charge in [-0.2, -0.15) is 0 Å². The minimum absolute atomic E-state index is 0.773. The van der Waals surface area contributed by atoms with Gasteiger partial charge in [0, 0.05) is 13.2 Å². The van der Waals surface area contributed by atoms with Crippen LogP contribution in [-0.4, -0.2) is 26.3 Å². The maximum atomic E-state index is 5.45. The fourth-order valence-corrected chi connectivity index (χ4v) is 2.13. The maximum Gasteiger partial charge on any atom is 0.0506 e. The maximum absolute atomic E-state index is 5.45. The Bertz CT molecular complexity index is 132. The van der Waals surface area contributed by atoms with E-state index in [1.165, 1.54) is 51.5 Å². The minimum Gasteiger partial charge on any atom is -0.381 e. The van der Waals surface area contributed by atoms with Crippen LogP contribution in [0.25, 0.3) is 0 Å². The van der Waals surface area contributed by atoms with Gasteiger partial charge in [-0.15, -0.1) is 0 Å². The summed E-state index contributed by atoms with van der Waals surface area (Å²) in [5.41, 5.74) is 0. The zero-order valence-corrected chi connectivity index (χ0v) is 10.3. The predicted molar refractivity (Wildman–Crippen MR) is 65.2 cm³/mol. The first-order valence-electron chi connectivity index (χ1n) is 6.72. The topological polar surface area (TPSA) is 21.3 Å². The third kappa shape index (κ3) is 6.91. The highest BCUT2D eigenvalue weighted by molar-refractivity contribution is 4.65. The SMILES string of the molecule is CCCCCCCNCC1CCCOC1. The van der Waals surface area contributed by atoms with Gasteiger partial charge in [0.1, 0.15) is 0 Å². The number of ether oxygens (including phenoxy) is 1. The molecule has 2 nitrogen and oxygen atoms in total. The fraction of sp³-hybridized carbons (Fsp3) is 1.00. The second kappa shape index (κ2) is 9.17. The molecule has 0 spiro atoms. The molecule has 0 aromatic carbocycles.